The zero-order valence-electron chi connectivity index (χ0n) is 28.9. The summed E-state index contributed by atoms with van der Waals surface area (Å²) in [7, 11) is 0. The third-order valence-corrected chi connectivity index (χ3v) is 9.98. The van der Waals surface area contributed by atoms with Gasteiger partial charge in [-0.2, -0.15) is 0 Å². The van der Waals surface area contributed by atoms with E-state index in [0.717, 1.165) is 50.1 Å². The van der Waals surface area contributed by atoms with Crippen LogP contribution in [0.4, 0.5) is 11.4 Å². The van der Waals surface area contributed by atoms with Gasteiger partial charge in [-0.1, -0.05) is 54.2 Å². The second-order valence-corrected chi connectivity index (χ2v) is 13.5. The van der Waals surface area contributed by atoms with Crippen molar-refractivity contribution in [2.45, 2.75) is 61.3 Å². The molecule has 0 bridgehead atoms. The van der Waals surface area contributed by atoms with E-state index in [0.29, 0.717) is 57.6 Å². The molecule has 0 radical (unpaired) electrons. The summed E-state index contributed by atoms with van der Waals surface area (Å²) in [5, 5.41) is 0. The smallest absolute Gasteiger partial charge is 0.265 e. The third-order valence-electron chi connectivity index (χ3n) is 9.98. The normalized spacial score (nSPS) is 20.0. The van der Waals surface area contributed by atoms with Gasteiger partial charge in [0.05, 0.1) is 11.4 Å². The minimum atomic E-state index is -0.373. The number of carbonyl (C=O) groups excluding carboxylic acids is 4. The van der Waals surface area contributed by atoms with Gasteiger partial charge in [-0.3, -0.25) is 19.2 Å². The maximum absolute atomic E-state index is 14.3. The number of piperidine rings is 1. The molecule has 6 heteroatoms. The van der Waals surface area contributed by atoms with Gasteiger partial charge in [0.25, 0.3) is 23.6 Å². The van der Waals surface area contributed by atoms with Crippen molar-refractivity contribution in [3.8, 4) is 0 Å². The van der Waals surface area contributed by atoms with Crippen LogP contribution in [0.3, 0.4) is 0 Å². The van der Waals surface area contributed by atoms with Crippen LogP contribution >= 0.6 is 0 Å². The molecule has 7 rings (SSSR count). The number of fused-ring (bicyclic) bond motifs is 1. The molecule has 0 atom stereocenters. The predicted octanol–water partition coefficient (Wildman–Crippen LogP) is 8.46. The Balaban J connectivity index is 1.40. The highest BCUT2D eigenvalue weighted by molar-refractivity contribution is 6.42. The molecule has 0 aromatic heterocycles. The number of amides is 4. The monoisotopic (exact) mass is 646 g/mol. The van der Waals surface area contributed by atoms with Gasteiger partial charge in [-0.05, 0) is 142 Å². The Morgan fingerprint density at radius 1 is 0.694 bits per heavy atom. The van der Waals surface area contributed by atoms with Gasteiger partial charge in [0.15, 0.2) is 0 Å². The lowest BCUT2D eigenvalue weighted by Crippen LogP contribution is -2.44. The van der Waals surface area contributed by atoms with Gasteiger partial charge in [-0.25, -0.2) is 9.80 Å². The van der Waals surface area contributed by atoms with Crippen LogP contribution in [0.2, 0.25) is 0 Å². The van der Waals surface area contributed by atoms with E-state index < -0.39 is 0 Å². The Hall–Kier alpha value is -5.62. The van der Waals surface area contributed by atoms with E-state index in [-0.39, 0.29) is 23.6 Å². The van der Waals surface area contributed by atoms with Crippen molar-refractivity contribution >= 4 is 46.1 Å². The van der Waals surface area contributed by atoms with Gasteiger partial charge >= 0.3 is 0 Å². The Bertz CT molecular complexity index is 2250. The minimum Gasteiger partial charge on any atom is -0.268 e. The van der Waals surface area contributed by atoms with Crippen LogP contribution in [0.1, 0.15) is 75.1 Å². The van der Waals surface area contributed by atoms with Gasteiger partial charge in [-0.15, -0.1) is 0 Å². The number of aryl methyl sites for hydroxylation is 4. The molecule has 3 aromatic rings. The van der Waals surface area contributed by atoms with Gasteiger partial charge < -0.3 is 0 Å². The minimum absolute atomic E-state index is 0.335. The first-order valence-electron chi connectivity index (χ1n) is 16.7. The molecule has 4 aliphatic rings. The molecule has 0 N–H and O–H groups in total. The van der Waals surface area contributed by atoms with Crippen LogP contribution in [-0.2, 0) is 20.8 Å². The number of benzene rings is 3. The van der Waals surface area contributed by atoms with Gasteiger partial charge in [0, 0.05) is 27.8 Å². The molecule has 2 aliphatic heterocycles. The fourth-order valence-corrected chi connectivity index (χ4v) is 7.75. The predicted molar refractivity (Wildman–Crippen MR) is 195 cm³/mol. The topological polar surface area (TPSA) is 74.8 Å². The summed E-state index contributed by atoms with van der Waals surface area (Å²) in [6.07, 6.45) is 12.2. The standard InChI is InChI=1S/C43H38N2O4/c1-8-32-37-27(6)22-30-15-16-35-39-34(42(48)45(43(35)49)36-21-25(4)18-26(5)28(36)7)14-10-12-29(38(30)39)11-9-13-33(37)41(47)44(40(32)46)31-19-23(2)17-24(3)20-31/h8-9,11-21H,10,22H2,1-7H3/b11-9+,32-8?,33-13+,37-27?. The van der Waals surface area contributed by atoms with Crippen molar-refractivity contribution < 1.29 is 19.2 Å². The lowest BCUT2D eigenvalue weighted by Gasteiger charge is -2.33. The van der Waals surface area contributed by atoms with Crippen molar-refractivity contribution in [3.63, 3.8) is 0 Å². The number of hydrogen-bond donors (Lipinski definition) is 0. The molecule has 4 amide bonds. The Labute approximate surface area is 287 Å². The first-order valence-corrected chi connectivity index (χ1v) is 16.7. The Morgan fingerprint density at radius 3 is 2.10 bits per heavy atom. The maximum atomic E-state index is 14.3. The van der Waals surface area contributed by atoms with E-state index in [1.165, 1.54) is 9.80 Å². The molecule has 1 fully saturated rings. The molecule has 6 nitrogen and oxygen atoms in total. The number of imide groups is 2. The highest BCUT2D eigenvalue weighted by Crippen LogP contribution is 2.44. The molecular formula is C43H38N2O4. The third kappa shape index (κ3) is 5.02. The molecule has 1 saturated heterocycles. The number of allylic oxidation sites excluding steroid dienone is 8. The number of rotatable bonds is 2. The summed E-state index contributed by atoms with van der Waals surface area (Å²) in [5.41, 5.74) is 12.6. The summed E-state index contributed by atoms with van der Waals surface area (Å²) >= 11 is 0. The molecule has 0 spiro atoms. The van der Waals surface area contributed by atoms with Gasteiger partial charge in [0.2, 0.25) is 0 Å². The quantitative estimate of drug-likeness (QED) is 0.207. The maximum Gasteiger partial charge on any atom is 0.265 e. The number of carbonyl (C=O) groups is 4. The average Bonchev–Trinajstić information content (AvgIpc) is 3.23. The van der Waals surface area contributed by atoms with Crippen LogP contribution in [0.5, 0.6) is 0 Å². The summed E-state index contributed by atoms with van der Waals surface area (Å²) in [6.45, 7) is 13.6. The molecule has 244 valence electrons. The zero-order valence-corrected chi connectivity index (χ0v) is 28.9. The molecule has 0 saturated carbocycles. The van der Waals surface area contributed by atoms with Crippen molar-refractivity contribution in [3.05, 3.63) is 151 Å². The first kappa shape index (κ1) is 32.0. The summed E-state index contributed by atoms with van der Waals surface area (Å²) in [4.78, 5) is 59.5. The van der Waals surface area contributed by atoms with E-state index in [9.17, 15) is 19.2 Å². The van der Waals surface area contributed by atoms with E-state index in [1.807, 2.05) is 103 Å². The van der Waals surface area contributed by atoms with Gasteiger partial charge in [0.1, 0.15) is 0 Å². The van der Waals surface area contributed by atoms with E-state index >= 15 is 0 Å². The summed E-state index contributed by atoms with van der Waals surface area (Å²) < 4.78 is 0. The zero-order chi connectivity index (χ0) is 34.9. The molecule has 3 aromatic carbocycles. The fraction of sp³-hybridized carbons (Fsp3) is 0.209. The second kappa shape index (κ2) is 11.8. The average molecular weight is 647 g/mol. The molecule has 0 unspecified atom stereocenters. The van der Waals surface area contributed by atoms with Crippen LogP contribution in [-0.4, -0.2) is 23.6 Å². The highest BCUT2D eigenvalue weighted by Gasteiger charge is 2.41. The number of anilines is 2. The van der Waals surface area contributed by atoms with Crippen LogP contribution in [0, 0.1) is 34.6 Å². The summed E-state index contributed by atoms with van der Waals surface area (Å²) in [5.74, 6) is -1.42. The Morgan fingerprint density at radius 2 is 1.39 bits per heavy atom. The fourth-order valence-electron chi connectivity index (χ4n) is 7.75. The molecule has 49 heavy (non-hydrogen) atoms. The lowest BCUT2D eigenvalue weighted by atomic mass is 9.80. The van der Waals surface area contributed by atoms with Crippen LogP contribution in [0.15, 0.2) is 101 Å². The van der Waals surface area contributed by atoms with Crippen molar-refractivity contribution in [2.75, 3.05) is 9.80 Å². The summed E-state index contributed by atoms with van der Waals surface area (Å²) in [6, 6.07) is 13.5. The van der Waals surface area contributed by atoms with E-state index in [4.69, 9.17) is 0 Å². The SMILES string of the molecule is CC=C1C(=O)N(c2cc(C)cc(C)c2)C(=O)/C2=C/C=C/C3=CCC=C4C(=O)N(c5cc(C)cc(C)c5C)C(=O)c5ccc(c3c54)CC(C)=C12. The second-order valence-electron chi connectivity index (χ2n) is 13.5. The van der Waals surface area contributed by atoms with E-state index in [1.54, 1.807) is 12.2 Å². The van der Waals surface area contributed by atoms with E-state index in [2.05, 4.69) is 12.1 Å². The van der Waals surface area contributed by atoms with Crippen molar-refractivity contribution in [1.29, 1.82) is 0 Å². The van der Waals surface area contributed by atoms with Crippen molar-refractivity contribution in [2.24, 2.45) is 0 Å². The highest BCUT2D eigenvalue weighted by atomic mass is 16.2. The lowest BCUT2D eigenvalue weighted by molar-refractivity contribution is -0.123. The first-order chi connectivity index (χ1) is 23.4. The largest absolute Gasteiger partial charge is 0.268 e. The molecule has 2 aliphatic carbocycles. The molecular weight excluding hydrogens is 608 g/mol. The number of nitrogens with zero attached hydrogens (tertiary/aromatic N) is 2. The number of hydrogen-bond acceptors (Lipinski definition) is 4. The van der Waals surface area contributed by atoms with Crippen LogP contribution < -0.4 is 9.80 Å². The van der Waals surface area contributed by atoms with Crippen LogP contribution in [0.25, 0.3) is 11.1 Å². The Kier molecular flexibility index (Phi) is 7.70. The van der Waals surface area contributed by atoms with Crippen molar-refractivity contribution in [1.82, 2.24) is 0 Å². The molecule has 2 heterocycles.